The number of hydrogen-bond donors (Lipinski definition) is 2. The SMILES string of the molecule is CCc1nc2cc(NC(=O)C3C4CCC(C4)C3N)ccc2o1.Cl. The minimum Gasteiger partial charge on any atom is -0.441 e. The highest BCUT2D eigenvalue weighted by molar-refractivity contribution is 5.95. The molecule has 2 aliphatic rings. The molecule has 0 spiro atoms. The van der Waals surface area contributed by atoms with Gasteiger partial charge in [0, 0.05) is 18.2 Å². The molecule has 1 aromatic heterocycles. The van der Waals surface area contributed by atoms with Gasteiger partial charge in [0.2, 0.25) is 5.91 Å². The zero-order chi connectivity index (χ0) is 15.3. The molecule has 1 aromatic carbocycles. The van der Waals surface area contributed by atoms with E-state index < -0.39 is 0 Å². The molecule has 5 nitrogen and oxygen atoms in total. The van der Waals surface area contributed by atoms with E-state index in [1.165, 1.54) is 6.42 Å². The molecule has 1 amide bonds. The second-order valence-corrected chi connectivity index (χ2v) is 6.57. The molecule has 2 aliphatic carbocycles. The molecule has 0 radical (unpaired) electrons. The minimum absolute atomic E-state index is 0. The van der Waals surface area contributed by atoms with E-state index in [0.29, 0.717) is 17.7 Å². The smallest absolute Gasteiger partial charge is 0.229 e. The van der Waals surface area contributed by atoms with Crippen LogP contribution in [0.5, 0.6) is 0 Å². The van der Waals surface area contributed by atoms with Crippen molar-refractivity contribution in [2.24, 2.45) is 23.5 Å². The van der Waals surface area contributed by atoms with Crippen molar-refractivity contribution in [3.05, 3.63) is 24.1 Å². The number of hydrogen-bond acceptors (Lipinski definition) is 4. The van der Waals surface area contributed by atoms with E-state index in [0.717, 1.165) is 36.0 Å². The molecule has 23 heavy (non-hydrogen) atoms. The summed E-state index contributed by atoms with van der Waals surface area (Å²) in [5, 5.41) is 3.02. The van der Waals surface area contributed by atoms with Crippen LogP contribution in [0.25, 0.3) is 11.1 Å². The zero-order valence-corrected chi connectivity index (χ0v) is 13.9. The van der Waals surface area contributed by atoms with Crippen LogP contribution >= 0.6 is 12.4 Å². The van der Waals surface area contributed by atoms with E-state index in [4.69, 9.17) is 10.2 Å². The number of fused-ring (bicyclic) bond motifs is 3. The van der Waals surface area contributed by atoms with E-state index in [2.05, 4.69) is 10.3 Å². The molecule has 6 heteroatoms. The van der Waals surface area contributed by atoms with Crippen LogP contribution in [0.2, 0.25) is 0 Å². The normalized spacial score (nSPS) is 28.8. The first-order chi connectivity index (χ1) is 10.7. The van der Waals surface area contributed by atoms with Crippen molar-refractivity contribution in [1.82, 2.24) is 4.98 Å². The molecule has 124 valence electrons. The number of nitrogens with two attached hydrogens (primary N) is 1. The third kappa shape index (κ3) is 2.72. The highest BCUT2D eigenvalue weighted by Gasteiger charge is 2.49. The standard InChI is InChI=1S/C17H21N3O2.ClH/c1-2-14-20-12-8-11(5-6-13(12)22-14)19-17(21)15-9-3-4-10(7-9)16(15)18;/h5-6,8-10,15-16H,2-4,7,18H2,1H3,(H,19,21);1H. The summed E-state index contributed by atoms with van der Waals surface area (Å²) in [5.74, 6) is 1.72. The number of rotatable bonds is 3. The Balaban J connectivity index is 0.00000156. The van der Waals surface area contributed by atoms with Gasteiger partial charge in [0.05, 0.1) is 5.92 Å². The molecule has 2 bridgehead atoms. The van der Waals surface area contributed by atoms with Gasteiger partial charge in [-0.2, -0.15) is 0 Å². The quantitative estimate of drug-likeness (QED) is 0.903. The van der Waals surface area contributed by atoms with Crippen LogP contribution in [0.1, 0.15) is 32.1 Å². The fourth-order valence-electron chi connectivity index (χ4n) is 4.15. The molecule has 0 saturated heterocycles. The molecular formula is C17H22ClN3O2. The van der Waals surface area contributed by atoms with Gasteiger partial charge in [0.15, 0.2) is 11.5 Å². The molecule has 4 unspecified atom stereocenters. The number of nitrogens with one attached hydrogen (secondary N) is 1. The topological polar surface area (TPSA) is 81.2 Å². The molecule has 4 atom stereocenters. The minimum atomic E-state index is -0.0436. The van der Waals surface area contributed by atoms with Crippen molar-refractivity contribution < 1.29 is 9.21 Å². The molecule has 4 rings (SSSR count). The third-order valence-corrected chi connectivity index (χ3v) is 5.29. The predicted octanol–water partition coefficient (Wildman–Crippen LogP) is 3.12. The van der Waals surface area contributed by atoms with Gasteiger partial charge in [-0.05, 0) is 49.3 Å². The number of nitrogens with zero attached hydrogens (tertiary/aromatic N) is 1. The van der Waals surface area contributed by atoms with E-state index >= 15 is 0 Å². The number of halogens is 1. The Morgan fingerprint density at radius 1 is 1.39 bits per heavy atom. The molecule has 0 aliphatic heterocycles. The van der Waals surface area contributed by atoms with E-state index in [1.54, 1.807) is 0 Å². The van der Waals surface area contributed by atoms with Crippen LogP contribution in [0.3, 0.4) is 0 Å². The summed E-state index contributed by atoms with van der Waals surface area (Å²) in [6.07, 6.45) is 4.19. The van der Waals surface area contributed by atoms with Crippen LogP contribution < -0.4 is 11.1 Å². The lowest BCUT2D eigenvalue weighted by Gasteiger charge is -2.26. The summed E-state index contributed by atoms with van der Waals surface area (Å²) in [5.41, 5.74) is 8.55. The zero-order valence-electron chi connectivity index (χ0n) is 13.1. The lowest BCUT2D eigenvalue weighted by Crippen LogP contribution is -2.42. The Labute approximate surface area is 141 Å². The Bertz CT molecular complexity index is 728. The van der Waals surface area contributed by atoms with Crippen LogP contribution in [0, 0.1) is 17.8 Å². The van der Waals surface area contributed by atoms with Gasteiger partial charge < -0.3 is 15.5 Å². The number of anilines is 1. The lowest BCUT2D eigenvalue weighted by molar-refractivity contribution is -0.121. The molecule has 2 saturated carbocycles. The second-order valence-electron chi connectivity index (χ2n) is 6.57. The van der Waals surface area contributed by atoms with Crippen molar-refractivity contribution in [2.45, 2.75) is 38.6 Å². The summed E-state index contributed by atoms with van der Waals surface area (Å²) in [6, 6.07) is 5.61. The van der Waals surface area contributed by atoms with Crippen molar-refractivity contribution in [3.63, 3.8) is 0 Å². The van der Waals surface area contributed by atoms with Gasteiger partial charge in [0.1, 0.15) is 5.52 Å². The van der Waals surface area contributed by atoms with Crippen molar-refractivity contribution in [3.8, 4) is 0 Å². The monoisotopic (exact) mass is 335 g/mol. The Morgan fingerprint density at radius 2 is 2.17 bits per heavy atom. The summed E-state index contributed by atoms with van der Waals surface area (Å²) in [7, 11) is 0. The maximum absolute atomic E-state index is 12.6. The lowest BCUT2D eigenvalue weighted by atomic mass is 9.84. The first kappa shape index (κ1) is 16.3. The number of benzene rings is 1. The highest BCUT2D eigenvalue weighted by atomic mass is 35.5. The summed E-state index contributed by atoms with van der Waals surface area (Å²) in [6.45, 7) is 2.00. The molecular weight excluding hydrogens is 314 g/mol. The maximum Gasteiger partial charge on any atom is 0.229 e. The summed E-state index contributed by atoms with van der Waals surface area (Å²) >= 11 is 0. The van der Waals surface area contributed by atoms with Crippen molar-refractivity contribution in [1.29, 1.82) is 0 Å². The number of oxazole rings is 1. The number of amides is 1. The molecule has 1 heterocycles. The highest BCUT2D eigenvalue weighted by Crippen LogP contribution is 2.47. The van der Waals surface area contributed by atoms with E-state index in [9.17, 15) is 4.79 Å². The number of aromatic nitrogens is 1. The van der Waals surface area contributed by atoms with Gasteiger partial charge in [-0.3, -0.25) is 4.79 Å². The number of carbonyl (C=O) groups excluding carboxylic acids is 1. The van der Waals surface area contributed by atoms with Gasteiger partial charge in [-0.25, -0.2) is 4.98 Å². The summed E-state index contributed by atoms with van der Waals surface area (Å²) < 4.78 is 5.59. The van der Waals surface area contributed by atoms with Crippen molar-refractivity contribution >= 4 is 35.1 Å². The van der Waals surface area contributed by atoms with Crippen molar-refractivity contribution in [2.75, 3.05) is 5.32 Å². The average molecular weight is 336 g/mol. The largest absolute Gasteiger partial charge is 0.441 e. The molecule has 3 N–H and O–H groups in total. The van der Waals surface area contributed by atoms with Crippen LogP contribution in [0.4, 0.5) is 5.69 Å². The Hall–Kier alpha value is -1.59. The maximum atomic E-state index is 12.6. The average Bonchev–Trinajstić information content (AvgIpc) is 3.19. The van der Waals surface area contributed by atoms with E-state index in [-0.39, 0.29) is 30.3 Å². The summed E-state index contributed by atoms with van der Waals surface area (Å²) in [4.78, 5) is 17.0. The number of carbonyl (C=O) groups is 1. The van der Waals surface area contributed by atoms with Crippen LogP contribution in [-0.2, 0) is 11.2 Å². The van der Waals surface area contributed by atoms with E-state index in [1.807, 2.05) is 25.1 Å². The van der Waals surface area contributed by atoms with Gasteiger partial charge in [-0.1, -0.05) is 6.92 Å². The number of aryl methyl sites for hydroxylation is 1. The first-order valence-electron chi connectivity index (χ1n) is 8.11. The third-order valence-electron chi connectivity index (χ3n) is 5.29. The van der Waals surface area contributed by atoms with Gasteiger partial charge in [0.25, 0.3) is 0 Å². The predicted molar refractivity (Wildman–Crippen MR) is 91.6 cm³/mol. The molecule has 2 fully saturated rings. The fraction of sp³-hybridized carbons (Fsp3) is 0.529. The first-order valence-corrected chi connectivity index (χ1v) is 8.11. The van der Waals surface area contributed by atoms with Gasteiger partial charge in [-0.15, -0.1) is 12.4 Å². The molecule has 2 aromatic rings. The second kappa shape index (κ2) is 6.13. The Morgan fingerprint density at radius 3 is 2.87 bits per heavy atom. The van der Waals surface area contributed by atoms with Crippen LogP contribution in [0.15, 0.2) is 22.6 Å². The van der Waals surface area contributed by atoms with Crippen LogP contribution in [-0.4, -0.2) is 16.9 Å². The fourth-order valence-corrected chi connectivity index (χ4v) is 4.15. The van der Waals surface area contributed by atoms with Gasteiger partial charge >= 0.3 is 0 Å². The Kier molecular flexibility index (Phi) is 4.34.